The third kappa shape index (κ3) is 3.05. The summed E-state index contributed by atoms with van der Waals surface area (Å²) < 4.78 is 3.60. The molecule has 0 bridgehead atoms. The van der Waals surface area contributed by atoms with Crippen molar-refractivity contribution in [3.05, 3.63) is 58.6 Å². The maximum Gasteiger partial charge on any atom is 0.265 e. The number of fused-ring (bicyclic) bond motifs is 2. The van der Waals surface area contributed by atoms with Crippen LogP contribution in [0.3, 0.4) is 0 Å². The molecule has 1 aromatic heterocycles. The van der Waals surface area contributed by atoms with E-state index >= 15 is 0 Å². The van der Waals surface area contributed by atoms with E-state index in [0.29, 0.717) is 0 Å². The summed E-state index contributed by atoms with van der Waals surface area (Å²) >= 11 is 3.68. The van der Waals surface area contributed by atoms with Crippen molar-refractivity contribution < 1.29 is 21.5 Å². The van der Waals surface area contributed by atoms with Crippen LogP contribution in [0.2, 0.25) is 0 Å². The molecule has 4 rings (SSSR count). The first-order chi connectivity index (χ1) is 10.2. The second-order valence-corrected chi connectivity index (χ2v) is 7.20. The van der Waals surface area contributed by atoms with Crippen LogP contribution in [0.4, 0.5) is 5.69 Å². The topological polar surface area (TPSA) is 7.12 Å². The Kier molecular flexibility index (Phi) is 5.55. The zero-order chi connectivity index (χ0) is 14.4. The van der Waals surface area contributed by atoms with Crippen molar-refractivity contribution in [3.63, 3.8) is 0 Å². The molecule has 0 amide bonds. The zero-order valence-electron chi connectivity index (χ0n) is 12.3. The fourth-order valence-corrected chi connectivity index (χ4v) is 4.85. The number of nitrogens with zero attached hydrogens (tertiary/aromatic N) is 2. The second-order valence-electron chi connectivity index (χ2n) is 5.08. The van der Waals surface area contributed by atoms with E-state index in [0.717, 1.165) is 0 Å². The van der Waals surface area contributed by atoms with Crippen molar-refractivity contribution in [2.75, 3.05) is 11.9 Å². The molecular weight excluding hydrogens is 388 g/mol. The SMILES string of the molecule is C.CN1/C(=C/c2sc3ccccc3[n+]2C)Sc2ccccc21.[Br-]. The number of halogens is 1. The predicted molar refractivity (Wildman–Crippen MR) is 98.4 cm³/mol. The van der Waals surface area contributed by atoms with Gasteiger partial charge in [-0.05, 0) is 18.2 Å². The number of benzene rings is 2. The highest BCUT2D eigenvalue weighted by Crippen LogP contribution is 2.45. The van der Waals surface area contributed by atoms with E-state index in [4.69, 9.17) is 0 Å². The Labute approximate surface area is 156 Å². The third-order valence-electron chi connectivity index (χ3n) is 3.79. The number of rotatable bonds is 1. The summed E-state index contributed by atoms with van der Waals surface area (Å²) in [5, 5.41) is 2.55. The molecule has 2 heterocycles. The van der Waals surface area contributed by atoms with Crippen molar-refractivity contribution in [1.82, 2.24) is 0 Å². The van der Waals surface area contributed by atoms with Crippen LogP contribution in [0, 0.1) is 0 Å². The summed E-state index contributed by atoms with van der Waals surface area (Å²) in [4.78, 5) is 3.60. The molecule has 0 N–H and O–H groups in total. The van der Waals surface area contributed by atoms with Gasteiger partial charge in [0.05, 0.1) is 16.8 Å². The lowest BCUT2D eigenvalue weighted by Crippen LogP contribution is -3.00. The molecular formula is C18H19BrN2S2. The van der Waals surface area contributed by atoms with E-state index in [1.54, 1.807) is 0 Å². The molecule has 0 fully saturated rings. The minimum absolute atomic E-state index is 0. The lowest BCUT2D eigenvalue weighted by Gasteiger charge is -2.12. The van der Waals surface area contributed by atoms with Crippen molar-refractivity contribution in [2.45, 2.75) is 12.3 Å². The summed E-state index contributed by atoms with van der Waals surface area (Å²) in [6, 6.07) is 17.1. The molecule has 23 heavy (non-hydrogen) atoms. The summed E-state index contributed by atoms with van der Waals surface area (Å²) in [6.45, 7) is 0. The van der Waals surface area contributed by atoms with Crippen molar-refractivity contribution in [1.29, 1.82) is 0 Å². The van der Waals surface area contributed by atoms with Gasteiger partial charge in [0.15, 0.2) is 0 Å². The Bertz CT molecular complexity index is 870. The molecule has 0 radical (unpaired) electrons. The molecule has 1 aliphatic heterocycles. The molecule has 1 aliphatic rings. The van der Waals surface area contributed by atoms with Crippen molar-refractivity contribution >= 4 is 45.1 Å². The van der Waals surface area contributed by atoms with E-state index in [1.807, 2.05) is 23.1 Å². The van der Waals surface area contributed by atoms with Crippen LogP contribution in [-0.2, 0) is 7.05 Å². The van der Waals surface area contributed by atoms with Gasteiger partial charge in [-0.15, -0.1) is 0 Å². The van der Waals surface area contributed by atoms with Gasteiger partial charge < -0.3 is 21.9 Å². The normalized spacial score (nSPS) is 14.5. The summed E-state index contributed by atoms with van der Waals surface area (Å²) in [6.07, 6.45) is 2.29. The summed E-state index contributed by atoms with van der Waals surface area (Å²) in [5.74, 6) is 0. The third-order valence-corrected chi connectivity index (χ3v) is 6.12. The van der Waals surface area contributed by atoms with Crippen molar-refractivity contribution in [2.24, 2.45) is 7.05 Å². The monoisotopic (exact) mass is 406 g/mol. The molecule has 0 spiro atoms. The lowest BCUT2D eigenvalue weighted by atomic mass is 10.3. The number of aromatic nitrogens is 1. The maximum atomic E-state index is 2.29. The maximum absolute atomic E-state index is 2.29. The van der Waals surface area contributed by atoms with Crippen LogP contribution in [0.1, 0.15) is 12.4 Å². The molecule has 5 heteroatoms. The van der Waals surface area contributed by atoms with Gasteiger partial charge in [-0.25, -0.2) is 0 Å². The Morgan fingerprint density at radius 3 is 2.48 bits per heavy atom. The number of thiazole rings is 1. The van der Waals surface area contributed by atoms with E-state index in [1.165, 1.54) is 30.8 Å². The molecule has 0 saturated carbocycles. The Balaban J connectivity index is 0.000000960. The van der Waals surface area contributed by atoms with Gasteiger partial charge in [0.2, 0.25) is 5.52 Å². The van der Waals surface area contributed by atoms with Gasteiger partial charge in [0.1, 0.15) is 11.7 Å². The van der Waals surface area contributed by atoms with Crippen LogP contribution < -0.4 is 26.4 Å². The fraction of sp³-hybridized carbons (Fsp3) is 0.167. The van der Waals surface area contributed by atoms with Gasteiger partial charge in [-0.1, -0.05) is 54.8 Å². The van der Waals surface area contributed by atoms with Crippen LogP contribution in [0.15, 0.2) is 58.5 Å². The fourth-order valence-electron chi connectivity index (χ4n) is 2.60. The first-order valence-corrected chi connectivity index (χ1v) is 8.47. The second kappa shape index (κ2) is 7.07. The molecule has 0 aliphatic carbocycles. The largest absolute Gasteiger partial charge is 1.00 e. The Hall–Kier alpha value is -1.30. The van der Waals surface area contributed by atoms with Gasteiger partial charge in [0, 0.05) is 18.0 Å². The first-order valence-electron chi connectivity index (χ1n) is 6.84. The average Bonchev–Trinajstić information content (AvgIpc) is 2.99. The number of hydrogen-bond donors (Lipinski definition) is 0. The Morgan fingerprint density at radius 2 is 1.74 bits per heavy atom. The van der Waals surface area contributed by atoms with Gasteiger partial charge in [0.25, 0.3) is 5.01 Å². The van der Waals surface area contributed by atoms with Crippen LogP contribution in [-0.4, -0.2) is 7.05 Å². The predicted octanol–water partition coefficient (Wildman–Crippen LogP) is 1.91. The first kappa shape index (κ1) is 18.0. The number of hydrogen-bond acceptors (Lipinski definition) is 3. The number of para-hydroxylation sites is 2. The number of thioether (sulfide) groups is 1. The lowest BCUT2D eigenvalue weighted by molar-refractivity contribution is -0.642. The van der Waals surface area contributed by atoms with Gasteiger partial charge >= 0.3 is 0 Å². The number of aryl methyl sites for hydroxylation is 1. The molecule has 0 unspecified atom stereocenters. The van der Waals surface area contributed by atoms with Crippen LogP contribution >= 0.6 is 23.1 Å². The van der Waals surface area contributed by atoms with Crippen LogP contribution in [0.25, 0.3) is 16.3 Å². The molecule has 120 valence electrons. The summed E-state index contributed by atoms with van der Waals surface area (Å²) in [7, 11) is 4.27. The van der Waals surface area contributed by atoms with E-state index in [-0.39, 0.29) is 24.4 Å². The highest BCUT2D eigenvalue weighted by molar-refractivity contribution is 8.03. The highest BCUT2D eigenvalue weighted by Gasteiger charge is 2.23. The number of anilines is 1. The van der Waals surface area contributed by atoms with E-state index in [9.17, 15) is 0 Å². The van der Waals surface area contributed by atoms with E-state index < -0.39 is 0 Å². The van der Waals surface area contributed by atoms with E-state index in [2.05, 4.69) is 78.2 Å². The highest BCUT2D eigenvalue weighted by atomic mass is 79.9. The zero-order valence-corrected chi connectivity index (χ0v) is 15.5. The average molecular weight is 407 g/mol. The molecule has 2 nitrogen and oxygen atoms in total. The Morgan fingerprint density at radius 1 is 1.04 bits per heavy atom. The molecule has 2 aromatic carbocycles. The van der Waals surface area contributed by atoms with Crippen molar-refractivity contribution in [3.8, 4) is 0 Å². The van der Waals surface area contributed by atoms with Crippen LogP contribution in [0.5, 0.6) is 0 Å². The standard InChI is InChI=1S/C17H15N2S2.CH4.BrH/c1-18-12-7-3-5-9-14(12)20-16(18)11-17-19(2)13-8-4-6-10-15(13)21-17;;/h3-11H,1-2H3;1H4;1H/q+1;;/p-1. The summed E-state index contributed by atoms with van der Waals surface area (Å²) in [5.41, 5.74) is 2.58. The minimum Gasteiger partial charge on any atom is -1.00 e. The molecule has 0 atom stereocenters. The quantitative estimate of drug-likeness (QED) is 0.569. The van der Waals surface area contributed by atoms with Gasteiger partial charge in [-0.3, -0.25) is 0 Å². The molecule has 0 saturated heterocycles. The van der Waals surface area contributed by atoms with Gasteiger partial charge in [-0.2, -0.15) is 4.57 Å². The smallest absolute Gasteiger partial charge is 0.265 e. The molecule has 3 aromatic rings. The minimum atomic E-state index is 0.